The van der Waals surface area contributed by atoms with E-state index in [0.29, 0.717) is 18.2 Å². The molecular weight excluding hydrogens is 326 g/mol. The van der Waals surface area contributed by atoms with Crippen molar-refractivity contribution in [3.63, 3.8) is 0 Å². The summed E-state index contributed by atoms with van der Waals surface area (Å²) in [6, 6.07) is 8.92. The molecule has 3 rings (SSSR count). The molecule has 6 heteroatoms. The number of carbonyl (C=O) groups is 1. The number of nitrogens with zero attached hydrogens (tertiary/aromatic N) is 2. The molecule has 1 amide bonds. The summed E-state index contributed by atoms with van der Waals surface area (Å²) < 4.78 is 0. The zero-order valence-corrected chi connectivity index (χ0v) is 15.9. The van der Waals surface area contributed by atoms with Crippen molar-refractivity contribution in [2.75, 3.05) is 27.2 Å². The second-order valence-corrected chi connectivity index (χ2v) is 7.27. The topological polar surface area (TPSA) is 68.8 Å². The van der Waals surface area contributed by atoms with Crippen LogP contribution in [0.5, 0.6) is 0 Å². The van der Waals surface area contributed by atoms with Crippen LogP contribution in [0.1, 0.15) is 48.0 Å². The van der Waals surface area contributed by atoms with Crippen molar-refractivity contribution in [2.45, 2.75) is 50.7 Å². The van der Waals surface area contributed by atoms with Crippen LogP contribution < -0.4 is 16.0 Å². The van der Waals surface area contributed by atoms with Crippen LogP contribution in [0.2, 0.25) is 0 Å². The Morgan fingerprint density at radius 1 is 1.27 bits per heavy atom. The lowest BCUT2D eigenvalue weighted by molar-refractivity contribution is 0.0963. The smallest absolute Gasteiger partial charge is 0.251 e. The number of hydrogen-bond donors (Lipinski definition) is 3. The molecule has 1 aliphatic heterocycles. The summed E-state index contributed by atoms with van der Waals surface area (Å²) in [6.07, 6.45) is 6.67. The minimum atomic E-state index is -0.0627. The average molecular weight is 358 g/mol. The quantitative estimate of drug-likeness (QED) is 0.554. The Kier molecular flexibility index (Phi) is 6.50. The van der Waals surface area contributed by atoms with E-state index in [1.165, 1.54) is 38.6 Å². The van der Waals surface area contributed by atoms with Gasteiger partial charge in [-0.2, -0.15) is 0 Å². The largest absolute Gasteiger partial charge is 0.355 e. The molecule has 1 saturated carbocycles. The van der Waals surface area contributed by atoms with Gasteiger partial charge in [-0.05, 0) is 37.0 Å². The van der Waals surface area contributed by atoms with Gasteiger partial charge in [0.05, 0.1) is 0 Å². The van der Waals surface area contributed by atoms with E-state index in [1.807, 2.05) is 24.3 Å². The molecule has 6 nitrogen and oxygen atoms in total. The molecule has 26 heavy (non-hydrogen) atoms. The summed E-state index contributed by atoms with van der Waals surface area (Å²) >= 11 is 0. The highest BCUT2D eigenvalue weighted by molar-refractivity contribution is 5.94. The van der Waals surface area contributed by atoms with Crippen LogP contribution in [-0.2, 0) is 6.54 Å². The third-order valence-electron chi connectivity index (χ3n) is 5.50. The van der Waals surface area contributed by atoms with E-state index in [2.05, 4.69) is 25.8 Å². The summed E-state index contributed by atoms with van der Waals surface area (Å²) in [5.74, 6) is 0.765. The van der Waals surface area contributed by atoms with Gasteiger partial charge < -0.3 is 16.0 Å². The van der Waals surface area contributed by atoms with Crippen LogP contribution in [0.3, 0.4) is 0 Å². The molecule has 1 unspecified atom stereocenters. The first-order chi connectivity index (χ1) is 12.7. The Morgan fingerprint density at radius 2 is 2.08 bits per heavy atom. The first-order valence-electron chi connectivity index (χ1n) is 9.72. The minimum absolute atomic E-state index is 0.0627. The maximum atomic E-state index is 11.8. The van der Waals surface area contributed by atoms with Crippen molar-refractivity contribution >= 4 is 11.9 Å². The van der Waals surface area contributed by atoms with Crippen LogP contribution in [-0.4, -0.2) is 56.0 Å². The third-order valence-corrected chi connectivity index (χ3v) is 5.50. The standard InChI is InChI=1S/C20H31N5O/c1-21-19(26)16-7-5-6-15(12-16)13-23-20(22-2)24-17-10-11-25(14-17)18-8-3-4-9-18/h5-7,12,17-18H,3-4,8-11,13-14H2,1-2H3,(H,21,26)(H2,22,23,24). The van der Waals surface area contributed by atoms with Gasteiger partial charge in [-0.1, -0.05) is 25.0 Å². The zero-order chi connectivity index (χ0) is 18.4. The molecule has 0 radical (unpaired) electrons. The predicted octanol–water partition coefficient (Wildman–Crippen LogP) is 1.73. The summed E-state index contributed by atoms with van der Waals surface area (Å²) in [5, 5.41) is 9.59. The average Bonchev–Trinajstić information content (AvgIpc) is 3.36. The predicted molar refractivity (Wildman–Crippen MR) is 105 cm³/mol. The SMILES string of the molecule is CN=C(NCc1cccc(C(=O)NC)c1)NC1CCN(C2CCCC2)C1. The Labute approximate surface area is 156 Å². The Hall–Kier alpha value is -2.08. The van der Waals surface area contributed by atoms with Crippen LogP contribution >= 0.6 is 0 Å². The van der Waals surface area contributed by atoms with Gasteiger partial charge in [0.15, 0.2) is 5.96 Å². The lowest BCUT2D eigenvalue weighted by Crippen LogP contribution is -2.45. The molecule has 0 aromatic heterocycles. The number of benzene rings is 1. The van der Waals surface area contributed by atoms with Gasteiger partial charge in [0.25, 0.3) is 5.91 Å². The van der Waals surface area contributed by atoms with Gasteiger partial charge in [0.2, 0.25) is 0 Å². The zero-order valence-electron chi connectivity index (χ0n) is 15.9. The molecule has 0 spiro atoms. The number of aliphatic imine (C=N–C) groups is 1. The molecule has 1 heterocycles. The van der Waals surface area contributed by atoms with E-state index >= 15 is 0 Å². The molecule has 1 aliphatic carbocycles. The van der Waals surface area contributed by atoms with E-state index in [9.17, 15) is 4.79 Å². The third kappa shape index (κ3) is 4.75. The van der Waals surface area contributed by atoms with Crippen LogP contribution in [0, 0.1) is 0 Å². The molecule has 2 fully saturated rings. The van der Waals surface area contributed by atoms with Crippen LogP contribution in [0.15, 0.2) is 29.3 Å². The minimum Gasteiger partial charge on any atom is -0.355 e. The maximum absolute atomic E-state index is 11.8. The first kappa shape index (κ1) is 18.7. The number of carbonyl (C=O) groups excluding carboxylic acids is 1. The highest BCUT2D eigenvalue weighted by atomic mass is 16.1. The number of amides is 1. The molecular formula is C20H31N5O. The van der Waals surface area contributed by atoms with Crippen LogP contribution in [0.25, 0.3) is 0 Å². The van der Waals surface area contributed by atoms with E-state index in [4.69, 9.17) is 0 Å². The lowest BCUT2D eigenvalue weighted by Gasteiger charge is -2.24. The van der Waals surface area contributed by atoms with E-state index in [0.717, 1.165) is 24.1 Å². The number of guanidine groups is 1. The number of likely N-dealkylation sites (tertiary alicyclic amines) is 1. The van der Waals surface area contributed by atoms with Crippen molar-refractivity contribution in [3.8, 4) is 0 Å². The fourth-order valence-corrected chi connectivity index (χ4v) is 4.05. The van der Waals surface area contributed by atoms with Gasteiger partial charge >= 0.3 is 0 Å². The molecule has 142 valence electrons. The van der Waals surface area contributed by atoms with E-state index < -0.39 is 0 Å². The van der Waals surface area contributed by atoms with Crippen molar-refractivity contribution in [1.82, 2.24) is 20.9 Å². The molecule has 1 aromatic carbocycles. The van der Waals surface area contributed by atoms with Crippen molar-refractivity contribution < 1.29 is 4.79 Å². The van der Waals surface area contributed by atoms with Crippen molar-refractivity contribution in [3.05, 3.63) is 35.4 Å². The lowest BCUT2D eigenvalue weighted by atomic mass is 10.1. The summed E-state index contributed by atoms with van der Waals surface area (Å²) in [5.41, 5.74) is 1.74. The second kappa shape index (κ2) is 9.03. The highest BCUT2D eigenvalue weighted by Crippen LogP contribution is 2.26. The van der Waals surface area contributed by atoms with Crippen molar-refractivity contribution in [2.24, 2.45) is 4.99 Å². The number of rotatable bonds is 5. The number of nitrogens with one attached hydrogen (secondary N) is 3. The van der Waals surface area contributed by atoms with E-state index in [1.54, 1.807) is 14.1 Å². The first-order valence-corrected chi connectivity index (χ1v) is 9.72. The molecule has 3 N–H and O–H groups in total. The van der Waals surface area contributed by atoms with Gasteiger partial charge in [-0.15, -0.1) is 0 Å². The van der Waals surface area contributed by atoms with E-state index in [-0.39, 0.29) is 5.91 Å². The highest BCUT2D eigenvalue weighted by Gasteiger charge is 2.30. The Morgan fingerprint density at radius 3 is 2.81 bits per heavy atom. The van der Waals surface area contributed by atoms with Gasteiger partial charge in [-0.3, -0.25) is 14.7 Å². The second-order valence-electron chi connectivity index (χ2n) is 7.27. The van der Waals surface area contributed by atoms with Crippen LogP contribution in [0.4, 0.5) is 0 Å². The maximum Gasteiger partial charge on any atom is 0.251 e. The molecule has 1 atom stereocenters. The van der Waals surface area contributed by atoms with Gasteiger partial charge in [0.1, 0.15) is 0 Å². The van der Waals surface area contributed by atoms with Gasteiger partial charge in [0, 0.05) is 51.4 Å². The van der Waals surface area contributed by atoms with Crippen molar-refractivity contribution in [1.29, 1.82) is 0 Å². The normalized spacial score (nSPS) is 21.8. The summed E-state index contributed by atoms with van der Waals surface area (Å²) in [4.78, 5) is 18.8. The summed E-state index contributed by atoms with van der Waals surface area (Å²) in [6.45, 7) is 2.94. The molecule has 2 aliphatic rings. The fraction of sp³-hybridized carbons (Fsp3) is 0.600. The number of hydrogen-bond acceptors (Lipinski definition) is 3. The summed E-state index contributed by atoms with van der Waals surface area (Å²) in [7, 11) is 3.45. The fourth-order valence-electron chi connectivity index (χ4n) is 4.05. The van der Waals surface area contributed by atoms with Gasteiger partial charge in [-0.25, -0.2) is 0 Å². The Balaban J connectivity index is 1.49. The molecule has 0 bridgehead atoms. The Bertz CT molecular complexity index is 639. The molecule has 1 aromatic rings. The monoisotopic (exact) mass is 357 g/mol. The molecule has 1 saturated heterocycles.